The van der Waals surface area contributed by atoms with Crippen LogP contribution in [0.3, 0.4) is 0 Å². The zero-order chi connectivity index (χ0) is 20.5. The Labute approximate surface area is 175 Å². The molecule has 2 aromatic rings. The van der Waals surface area contributed by atoms with Gasteiger partial charge in [-0.25, -0.2) is 0 Å². The lowest BCUT2D eigenvalue weighted by Gasteiger charge is -2.36. The van der Waals surface area contributed by atoms with Gasteiger partial charge in [-0.1, -0.05) is 60.1 Å². The van der Waals surface area contributed by atoms with Gasteiger partial charge in [-0.3, -0.25) is 14.6 Å². The minimum atomic E-state index is -0.657. The number of hydrogen-bond donors (Lipinski definition) is 0. The molecule has 4 rings (SSSR count). The molecule has 1 aliphatic carbocycles. The van der Waals surface area contributed by atoms with Gasteiger partial charge >= 0.3 is 5.97 Å². The summed E-state index contributed by atoms with van der Waals surface area (Å²) >= 11 is 6.50. The highest BCUT2D eigenvalue weighted by Crippen LogP contribution is 2.48. The zero-order valence-corrected chi connectivity index (χ0v) is 17.1. The van der Waals surface area contributed by atoms with Crippen molar-refractivity contribution in [3.63, 3.8) is 0 Å². The van der Waals surface area contributed by atoms with Crippen LogP contribution in [0.4, 0.5) is 0 Å². The number of esters is 1. The molecule has 1 heterocycles. The Bertz CT molecular complexity index is 1030. The first-order valence-electron chi connectivity index (χ1n) is 9.70. The molecular weight excluding hydrogens is 386 g/mol. The first kappa shape index (κ1) is 19.6. The van der Waals surface area contributed by atoms with Gasteiger partial charge in [-0.05, 0) is 36.5 Å². The van der Waals surface area contributed by atoms with Crippen molar-refractivity contribution in [1.29, 1.82) is 0 Å². The standard InChI is InChI=1S/C24H22ClNO3/c1-14-21(24(28)29-2)22(17-10-6-7-11-18(17)25)23-19(26-14)12-16(13-20(23)27)15-8-4-3-5-9-15/h3-11,16,21-22H,12-13H2,1-2H3/t16-,21?,22+/m1/s1. The van der Waals surface area contributed by atoms with E-state index in [2.05, 4.69) is 0 Å². The van der Waals surface area contributed by atoms with E-state index in [4.69, 9.17) is 21.3 Å². The molecule has 0 amide bonds. The molecule has 0 fully saturated rings. The van der Waals surface area contributed by atoms with Crippen LogP contribution >= 0.6 is 11.6 Å². The fourth-order valence-corrected chi connectivity index (χ4v) is 4.77. The molecule has 29 heavy (non-hydrogen) atoms. The van der Waals surface area contributed by atoms with Gasteiger partial charge in [0, 0.05) is 34.3 Å². The zero-order valence-electron chi connectivity index (χ0n) is 16.4. The van der Waals surface area contributed by atoms with Crippen molar-refractivity contribution in [3.05, 3.63) is 82.0 Å². The fraction of sp³-hybridized carbons (Fsp3) is 0.292. The SMILES string of the molecule is COC(=O)C1C(C)=NC2=C(C(=O)C[C@H](c3ccccc3)C2)[C@H]1c1ccccc1Cl. The first-order chi connectivity index (χ1) is 14.0. The van der Waals surface area contributed by atoms with Gasteiger partial charge in [-0.2, -0.15) is 0 Å². The predicted molar refractivity (Wildman–Crippen MR) is 113 cm³/mol. The molecule has 0 saturated heterocycles. The third-order valence-electron chi connectivity index (χ3n) is 5.85. The molecular formula is C24H22ClNO3. The number of benzene rings is 2. The van der Waals surface area contributed by atoms with E-state index in [1.54, 1.807) is 6.07 Å². The molecule has 2 aromatic carbocycles. The molecule has 1 unspecified atom stereocenters. The summed E-state index contributed by atoms with van der Waals surface area (Å²) in [6.07, 6.45) is 1.06. The number of methoxy groups -OCH3 is 1. The molecule has 0 bridgehead atoms. The van der Waals surface area contributed by atoms with Crippen LogP contribution in [0.1, 0.15) is 42.7 Å². The third-order valence-corrected chi connectivity index (χ3v) is 6.20. The largest absolute Gasteiger partial charge is 0.468 e. The summed E-state index contributed by atoms with van der Waals surface area (Å²) < 4.78 is 5.06. The first-order valence-corrected chi connectivity index (χ1v) is 10.1. The van der Waals surface area contributed by atoms with Gasteiger partial charge in [0.05, 0.1) is 7.11 Å². The average molecular weight is 408 g/mol. The molecule has 3 atom stereocenters. The molecule has 2 aliphatic rings. The van der Waals surface area contributed by atoms with Gasteiger partial charge in [0.25, 0.3) is 0 Å². The van der Waals surface area contributed by atoms with E-state index in [9.17, 15) is 9.59 Å². The van der Waals surface area contributed by atoms with E-state index in [1.165, 1.54) is 7.11 Å². The van der Waals surface area contributed by atoms with Crippen LogP contribution in [0.2, 0.25) is 5.02 Å². The number of hydrogen-bond acceptors (Lipinski definition) is 4. The maximum absolute atomic E-state index is 13.3. The number of carbonyl (C=O) groups excluding carboxylic acids is 2. The van der Waals surface area contributed by atoms with Crippen LogP contribution in [0.5, 0.6) is 0 Å². The number of ether oxygens (including phenoxy) is 1. The van der Waals surface area contributed by atoms with Crippen molar-refractivity contribution in [2.24, 2.45) is 10.9 Å². The van der Waals surface area contributed by atoms with Crippen LogP contribution in [0.25, 0.3) is 0 Å². The molecule has 5 heteroatoms. The van der Waals surface area contributed by atoms with E-state index >= 15 is 0 Å². The molecule has 0 saturated carbocycles. The Kier molecular flexibility index (Phi) is 5.37. The molecule has 4 nitrogen and oxygen atoms in total. The number of aliphatic imine (C=N–C) groups is 1. The van der Waals surface area contributed by atoms with E-state index in [0.717, 1.165) is 16.8 Å². The highest BCUT2D eigenvalue weighted by Gasteiger charge is 2.45. The second-order valence-corrected chi connectivity index (χ2v) is 7.96. The van der Waals surface area contributed by atoms with E-state index in [-0.39, 0.29) is 11.7 Å². The Morgan fingerprint density at radius 2 is 1.76 bits per heavy atom. The Morgan fingerprint density at radius 3 is 2.45 bits per heavy atom. The molecule has 0 radical (unpaired) electrons. The summed E-state index contributed by atoms with van der Waals surface area (Å²) in [5, 5.41) is 0.533. The minimum absolute atomic E-state index is 0.0233. The number of halogens is 1. The second-order valence-electron chi connectivity index (χ2n) is 7.55. The summed E-state index contributed by atoms with van der Waals surface area (Å²) in [6.45, 7) is 1.83. The normalized spacial score (nSPS) is 24.0. The summed E-state index contributed by atoms with van der Waals surface area (Å²) in [6, 6.07) is 17.4. The maximum Gasteiger partial charge on any atom is 0.315 e. The van der Waals surface area contributed by atoms with Gasteiger partial charge in [0.2, 0.25) is 0 Å². The van der Waals surface area contributed by atoms with E-state index in [0.29, 0.717) is 29.1 Å². The van der Waals surface area contributed by atoms with Crippen molar-refractivity contribution in [3.8, 4) is 0 Å². The van der Waals surface area contributed by atoms with Crippen molar-refractivity contribution < 1.29 is 14.3 Å². The van der Waals surface area contributed by atoms with Crippen molar-refractivity contribution >= 4 is 29.1 Å². The van der Waals surface area contributed by atoms with Gasteiger partial charge in [-0.15, -0.1) is 0 Å². The monoisotopic (exact) mass is 407 g/mol. The van der Waals surface area contributed by atoms with Crippen molar-refractivity contribution in [1.82, 2.24) is 0 Å². The predicted octanol–water partition coefficient (Wildman–Crippen LogP) is 5.09. The minimum Gasteiger partial charge on any atom is -0.468 e. The van der Waals surface area contributed by atoms with Crippen LogP contribution in [0, 0.1) is 5.92 Å². The highest BCUT2D eigenvalue weighted by atomic mass is 35.5. The van der Waals surface area contributed by atoms with Crippen LogP contribution in [0.15, 0.2) is 70.9 Å². The number of Topliss-reactive ketones (excluding diaryl/α,β-unsaturated/α-hetero) is 1. The molecule has 148 valence electrons. The fourth-order valence-electron chi connectivity index (χ4n) is 4.52. The summed E-state index contributed by atoms with van der Waals surface area (Å²) in [5.41, 5.74) is 3.91. The molecule has 0 spiro atoms. The summed E-state index contributed by atoms with van der Waals surface area (Å²) in [7, 11) is 1.36. The molecule has 0 aromatic heterocycles. The Hall–Kier alpha value is -2.72. The third kappa shape index (κ3) is 3.53. The number of ketones is 1. The average Bonchev–Trinajstić information content (AvgIpc) is 2.73. The van der Waals surface area contributed by atoms with E-state index in [1.807, 2.05) is 55.5 Å². The van der Waals surface area contributed by atoms with Gasteiger partial charge in [0.1, 0.15) is 5.92 Å². The number of carbonyl (C=O) groups is 2. The highest BCUT2D eigenvalue weighted by molar-refractivity contribution is 6.31. The van der Waals surface area contributed by atoms with Gasteiger partial charge < -0.3 is 4.74 Å². The van der Waals surface area contributed by atoms with Crippen LogP contribution in [-0.4, -0.2) is 24.6 Å². The lowest BCUT2D eigenvalue weighted by molar-refractivity contribution is -0.143. The Morgan fingerprint density at radius 1 is 1.07 bits per heavy atom. The Balaban J connectivity index is 1.84. The van der Waals surface area contributed by atoms with E-state index < -0.39 is 17.8 Å². The summed E-state index contributed by atoms with van der Waals surface area (Å²) in [4.78, 5) is 30.7. The number of nitrogens with zero attached hydrogens (tertiary/aromatic N) is 1. The number of allylic oxidation sites excluding steroid dienone is 2. The topological polar surface area (TPSA) is 55.7 Å². The second kappa shape index (κ2) is 7.96. The lowest BCUT2D eigenvalue weighted by atomic mass is 9.69. The van der Waals surface area contributed by atoms with Crippen molar-refractivity contribution in [2.45, 2.75) is 31.6 Å². The summed E-state index contributed by atoms with van der Waals surface area (Å²) in [5.74, 6) is -1.43. The number of rotatable bonds is 3. The van der Waals surface area contributed by atoms with Gasteiger partial charge in [0.15, 0.2) is 5.78 Å². The lowest BCUT2D eigenvalue weighted by Crippen LogP contribution is -2.37. The van der Waals surface area contributed by atoms with Crippen LogP contribution < -0.4 is 0 Å². The van der Waals surface area contributed by atoms with Crippen LogP contribution in [-0.2, 0) is 14.3 Å². The maximum atomic E-state index is 13.3. The quantitative estimate of drug-likeness (QED) is 0.666. The van der Waals surface area contributed by atoms with Crippen molar-refractivity contribution in [2.75, 3.05) is 7.11 Å². The molecule has 1 aliphatic heterocycles. The molecule has 0 N–H and O–H groups in total. The smallest absolute Gasteiger partial charge is 0.315 e.